The van der Waals surface area contributed by atoms with Crippen LogP contribution in [0.5, 0.6) is 0 Å². The van der Waals surface area contributed by atoms with Gasteiger partial charge in [-0.25, -0.2) is 22.8 Å². The Morgan fingerprint density at radius 3 is 2.38 bits per heavy atom. The molecule has 2 aromatic carbocycles. The number of carbonyl (C=O) groups is 1. The van der Waals surface area contributed by atoms with Crippen molar-refractivity contribution in [2.24, 2.45) is 0 Å². The maximum atomic E-state index is 13.3. The Balaban J connectivity index is 1.50. The quantitative estimate of drug-likeness (QED) is 0.420. The van der Waals surface area contributed by atoms with E-state index in [4.69, 9.17) is 0 Å². The first-order valence-corrected chi connectivity index (χ1v) is 13.0. The van der Waals surface area contributed by atoms with Crippen molar-refractivity contribution in [1.82, 2.24) is 14.3 Å². The van der Waals surface area contributed by atoms with Crippen LogP contribution in [0.1, 0.15) is 30.5 Å². The largest absolute Gasteiger partial charge is 0.416 e. The number of rotatable bonds is 8. The van der Waals surface area contributed by atoms with Gasteiger partial charge in [-0.3, -0.25) is 4.79 Å². The summed E-state index contributed by atoms with van der Waals surface area (Å²) in [6, 6.07) is 9.79. The summed E-state index contributed by atoms with van der Waals surface area (Å²) in [6.45, 7) is 0.186. The minimum atomic E-state index is -4.45. The van der Waals surface area contributed by atoms with Crippen molar-refractivity contribution in [3.8, 4) is 11.3 Å². The predicted molar refractivity (Wildman–Crippen MR) is 129 cm³/mol. The number of Topliss-reactive ketones (excluding diaryl/α,β-unsaturated/α-hetero) is 1. The first kappa shape index (κ1) is 26.7. The van der Waals surface area contributed by atoms with Crippen LogP contribution in [0.3, 0.4) is 0 Å². The van der Waals surface area contributed by atoms with E-state index in [9.17, 15) is 30.8 Å². The van der Waals surface area contributed by atoms with Crippen LogP contribution in [0.2, 0.25) is 0 Å². The SMILES string of the molecule is CNc1nc(CCC(=O)[C@@H]2CCCN2S(=O)(=O)c2ccc(F)cc2)cc(-c2ccc(C(F)(F)F)cc2)n1. The van der Waals surface area contributed by atoms with E-state index < -0.39 is 33.6 Å². The minimum Gasteiger partial charge on any atom is -0.357 e. The zero-order valence-electron chi connectivity index (χ0n) is 19.8. The van der Waals surface area contributed by atoms with Crippen LogP contribution < -0.4 is 5.32 Å². The van der Waals surface area contributed by atoms with E-state index in [0.717, 1.165) is 28.6 Å². The Bertz CT molecular complexity index is 1380. The zero-order chi connectivity index (χ0) is 26.8. The second-order valence-electron chi connectivity index (χ2n) is 8.59. The summed E-state index contributed by atoms with van der Waals surface area (Å²) in [7, 11) is -2.38. The number of alkyl halides is 3. The van der Waals surface area contributed by atoms with Crippen LogP contribution in [-0.4, -0.2) is 48.1 Å². The number of nitrogens with zero attached hydrogens (tertiary/aromatic N) is 3. The number of aromatic nitrogens is 2. The Morgan fingerprint density at radius 1 is 1.08 bits per heavy atom. The summed E-state index contributed by atoms with van der Waals surface area (Å²) in [4.78, 5) is 21.6. The minimum absolute atomic E-state index is 0.00667. The van der Waals surface area contributed by atoms with E-state index in [0.29, 0.717) is 29.8 Å². The van der Waals surface area contributed by atoms with Crippen LogP contribution >= 0.6 is 0 Å². The van der Waals surface area contributed by atoms with Gasteiger partial charge in [-0.1, -0.05) is 12.1 Å². The number of nitrogens with one attached hydrogen (secondary N) is 1. The highest BCUT2D eigenvalue weighted by Gasteiger charge is 2.39. The van der Waals surface area contributed by atoms with E-state index in [1.54, 1.807) is 13.1 Å². The van der Waals surface area contributed by atoms with Crippen molar-refractivity contribution in [3.05, 3.63) is 71.7 Å². The summed E-state index contributed by atoms with van der Waals surface area (Å²) < 4.78 is 79.2. The summed E-state index contributed by atoms with van der Waals surface area (Å²) in [6.07, 6.45) is -3.37. The van der Waals surface area contributed by atoms with E-state index >= 15 is 0 Å². The summed E-state index contributed by atoms with van der Waals surface area (Å²) >= 11 is 0. The molecule has 4 rings (SSSR count). The number of sulfonamides is 1. The van der Waals surface area contributed by atoms with Gasteiger partial charge >= 0.3 is 6.18 Å². The van der Waals surface area contributed by atoms with Gasteiger partial charge in [0.05, 0.1) is 22.2 Å². The Morgan fingerprint density at radius 2 is 1.76 bits per heavy atom. The number of hydrogen-bond acceptors (Lipinski definition) is 6. The second-order valence-corrected chi connectivity index (χ2v) is 10.5. The molecule has 2 heterocycles. The molecule has 1 atom stereocenters. The normalized spacial score (nSPS) is 16.6. The lowest BCUT2D eigenvalue weighted by Gasteiger charge is -2.23. The maximum absolute atomic E-state index is 13.3. The van der Waals surface area contributed by atoms with Crippen LogP contribution in [0.4, 0.5) is 23.5 Å². The molecule has 0 spiro atoms. The van der Waals surface area contributed by atoms with Crippen LogP contribution in [0, 0.1) is 5.82 Å². The second kappa shape index (κ2) is 10.5. The molecule has 7 nitrogen and oxygen atoms in total. The van der Waals surface area contributed by atoms with Gasteiger partial charge < -0.3 is 5.32 Å². The molecule has 0 aliphatic carbocycles. The van der Waals surface area contributed by atoms with Crippen LogP contribution in [0.15, 0.2) is 59.5 Å². The third kappa shape index (κ3) is 5.96. The van der Waals surface area contributed by atoms with E-state index in [2.05, 4.69) is 15.3 Å². The molecule has 0 bridgehead atoms. The van der Waals surface area contributed by atoms with Gasteiger partial charge in [-0.05, 0) is 61.7 Å². The molecular formula is C25H24F4N4O3S. The molecule has 37 heavy (non-hydrogen) atoms. The molecule has 0 radical (unpaired) electrons. The third-order valence-electron chi connectivity index (χ3n) is 6.13. The summed E-state index contributed by atoms with van der Waals surface area (Å²) in [5.74, 6) is -0.598. The maximum Gasteiger partial charge on any atom is 0.416 e. The first-order chi connectivity index (χ1) is 17.5. The first-order valence-electron chi connectivity index (χ1n) is 11.5. The number of halogens is 4. The van der Waals surface area contributed by atoms with Gasteiger partial charge in [-0.15, -0.1) is 0 Å². The number of carbonyl (C=O) groups excluding carboxylic acids is 1. The molecule has 1 fully saturated rings. The van der Waals surface area contributed by atoms with Gasteiger partial charge in [0.15, 0.2) is 5.78 Å². The molecule has 1 aliphatic rings. The highest BCUT2D eigenvalue weighted by molar-refractivity contribution is 7.89. The van der Waals surface area contributed by atoms with Crippen molar-refractivity contribution in [3.63, 3.8) is 0 Å². The van der Waals surface area contributed by atoms with Gasteiger partial charge in [0.2, 0.25) is 16.0 Å². The monoisotopic (exact) mass is 536 g/mol. The van der Waals surface area contributed by atoms with Crippen molar-refractivity contribution < 1.29 is 30.8 Å². The standard InChI is InChI=1S/C25H24F4N4O3S/c1-30-24-31-19(15-21(32-24)16-4-6-17(7-5-16)25(27,28)29)10-13-23(34)22-3-2-14-33(22)37(35,36)20-11-8-18(26)9-12-20/h4-9,11-12,15,22H,2-3,10,13-14H2,1H3,(H,30,31,32)/t22-/m0/s1. The van der Waals surface area contributed by atoms with Crippen LogP contribution in [-0.2, 0) is 27.4 Å². The number of anilines is 1. The molecular weight excluding hydrogens is 512 g/mol. The summed E-state index contributed by atoms with van der Waals surface area (Å²) in [5, 5.41) is 2.80. The molecule has 0 unspecified atom stereocenters. The fraction of sp³-hybridized carbons (Fsp3) is 0.320. The number of aryl methyl sites for hydroxylation is 1. The Hall–Kier alpha value is -3.38. The molecule has 196 valence electrons. The number of hydrogen-bond donors (Lipinski definition) is 1. The number of ketones is 1. The van der Waals surface area contributed by atoms with Crippen molar-refractivity contribution in [1.29, 1.82) is 0 Å². The lowest BCUT2D eigenvalue weighted by molar-refractivity contribution is -0.137. The van der Waals surface area contributed by atoms with Gasteiger partial charge in [0, 0.05) is 31.3 Å². The lowest BCUT2D eigenvalue weighted by Crippen LogP contribution is -2.40. The number of benzene rings is 2. The molecule has 1 saturated heterocycles. The third-order valence-corrected chi connectivity index (χ3v) is 8.06. The predicted octanol–water partition coefficient (Wildman–Crippen LogP) is 4.70. The molecule has 1 aromatic heterocycles. The van der Waals surface area contributed by atoms with Crippen LogP contribution in [0.25, 0.3) is 11.3 Å². The highest BCUT2D eigenvalue weighted by Crippen LogP contribution is 2.31. The van der Waals surface area contributed by atoms with Gasteiger partial charge in [0.1, 0.15) is 5.82 Å². The molecule has 3 aromatic rings. The van der Waals surface area contributed by atoms with Gasteiger partial charge in [-0.2, -0.15) is 17.5 Å². The molecule has 0 saturated carbocycles. The summed E-state index contributed by atoms with van der Waals surface area (Å²) in [5.41, 5.74) is 0.541. The Labute approximate surface area is 211 Å². The molecule has 1 N–H and O–H groups in total. The van der Waals surface area contributed by atoms with Crippen molar-refractivity contribution in [2.75, 3.05) is 18.9 Å². The van der Waals surface area contributed by atoms with Crippen molar-refractivity contribution in [2.45, 2.75) is 42.8 Å². The van der Waals surface area contributed by atoms with E-state index in [1.807, 2.05) is 0 Å². The molecule has 12 heteroatoms. The smallest absolute Gasteiger partial charge is 0.357 e. The highest BCUT2D eigenvalue weighted by atomic mass is 32.2. The molecule has 1 aliphatic heterocycles. The Kier molecular flexibility index (Phi) is 7.60. The zero-order valence-corrected chi connectivity index (χ0v) is 20.6. The average molecular weight is 537 g/mol. The van der Waals surface area contributed by atoms with E-state index in [1.165, 1.54) is 24.3 Å². The fourth-order valence-corrected chi connectivity index (χ4v) is 5.90. The molecule has 0 amide bonds. The fourth-order valence-electron chi connectivity index (χ4n) is 4.22. The van der Waals surface area contributed by atoms with Crippen molar-refractivity contribution >= 4 is 21.8 Å². The van der Waals surface area contributed by atoms with Gasteiger partial charge in [0.25, 0.3) is 0 Å². The lowest BCUT2D eigenvalue weighted by atomic mass is 10.0. The van der Waals surface area contributed by atoms with E-state index in [-0.39, 0.29) is 36.0 Å². The average Bonchev–Trinajstić information content (AvgIpc) is 3.38. The topological polar surface area (TPSA) is 92.3 Å².